The monoisotopic (exact) mass is 1140 g/mol. The molecule has 6 nitrogen and oxygen atoms in total. The zero-order chi connectivity index (χ0) is 58.5. The SMILES string of the molecule is CCCCC/C=C\C/C=C\CCCCCCCC(=O)OCCCCCCCCCCCCCCCCC/C=C\C/C=C\CCCCCCCCCCCCCCCCCCCC(=O)NC(CO)C(O)CCCCCCCCCCCC. The van der Waals surface area contributed by atoms with Crippen molar-refractivity contribution >= 4 is 11.9 Å². The summed E-state index contributed by atoms with van der Waals surface area (Å²) in [6.07, 6.45) is 91.9. The van der Waals surface area contributed by atoms with E-state index in [1.807, 2.05) is 0 Å². The Bertz CT molecular complexity index is 1360. The third-order valence-electron chi connectivity index (χ3n) is 16.9. The van der Waals surface area contributed by atoms with Crippen LogP contribution in [0.25, 0.3) is 0 Å². The standard InChI is InChI=1S/C75H141NO5/c1-3-5-7-9-11-13-15-16-42-46-49-53-57-61-65-69-75(80)81-70-66-62-58-54-50-47-44-41-39-37-35-33-31-29-27-25-23-21-19-17-18-20-22-24-26-28-30-32-34-36-38-40-43-45-48-52-56-60-64-68-74(79)76-72(71-77)73(78)67-63-59-55-51-14-12-10-8-6-4-2/h11,13,16-18,21,23,42,72-73,77-78H,3-10,12,14-15,19-20,22,24-41,43-71H2,1-2H3,(H,76,79)/b13-11-,18-17-,23-21-,42-16-. The van der Waals surface area contributed by atoms with E-state index in [4.69, 9.17) is 4.74 Å². The molecule has 2 unspecified atom stereocenters. The van der Waals surface area contributed by atoms with Crippen molar-refractivity contribution in [2.75, 3.05) is 13.2 Å². The first-order valence-electron chi connectivity index (χ1n) is 36.4. The molecule has 2 atom stereocenters. The largest absolute Gasteiger partial charge is 0.466 e. The molecular weight excluding hydrogens is 995 g/mol. The van der Waals surface area contributed by atoms with Crippen LogP contribution in [0.5, 0.6) is 0 Å². The minimum Gasteiger partial charge on any atom is -0.466 e. The molecule has 0 saturated carbocycles. The van der Waals surface area contributed by atoms with Crippen LogP contribution in [0.1, 0.15) is 393 Å². The summed E-state index contributed by atoms with van der Waals surface area (Å²) in [6.45, 7) is 4.93. The number of hydrogen-bond acceptors (Lipinski definition) is 5. The van der Waals surface area contributed by atoms with Gasteiger partial charge < -0.3 is 20.3 Å². The number of esters is 1. The van der Waals surface area contributed by atoms with E-state index in [2.05, 4.69) is 67.8 Å². The summed E-state index contributed by atoms with van der Waals surface area (Å²) in [5.41, 5.74) is 0. The fraction of sp³-hybridized carbons (Fsp3) is 0.867. The molecule has 476 valence electrons. The van der Waals surface area contributed by atoms with E-state index in [0.717, 1.165) is 57.8 Å². The molecule has 0 aromatic carbocycles. The molecule has 81 heavy (non-hydrogen) atoms. The summed E-state index contributed by atoms with van der Waals surface area (Å²) in [7, 11) is 0. The number of carbonyl (C=O) groups excluding carboxylic acids is 2. The fourth-order valence-electron chi connectivity index (χ4n) is 11.3. The average molecular weight is 1140 g/mol. The van der Waals surface area contributed by atoms with Gasteiger partial charge >= 0.3 is 5.97 Å². The van der Waals surface area contributed by atoms with E-state index in [1.54, 1.807) is 0 Å². The van der Waals surface area contributed by atoms with Crippen LogP contribution >= 0.6 is 0 Å². The number of ether oxygens (including phenoxy) is 1. The molecule has 0 saturated heterocycles. The summed E-state index contributed by atoms with van der Waals surface area (Å²) in [4.78, 5) is 24.5. The van der Waals surface area contributed by atoms with E-state index in [0.29, 0.717) is 25.9 Å². The van der Waals surface area contributed by atoms with Crippen LogP contribution in [0.2, 0.25) is 0 Å². The Morgan fingerprint density at radius 1 is 0.346 bits per heavy atom. The third kappa shape index (κ3) is 66.8. The maximum atomic E-state index is 12.4. The van der Waals surface area contributed by atoms with Crippen molar-refractivity contribution < 1.29 is 24.5 Å². The van der Waals surface area contributed by atoms with Crippen LogP contribution in [0.3, 0.4) is 0 Å². The fourth-order valence-corrected chi connectivity index (χ4v) is 11.3. The molecule has 0 rings (SSSR count). The quantitative estimate of drug-likeness (QED) is 0.0320. The smallest absolute Gasteiger partial charge is 0.305 e. The predicted molar refractivity (Wildman–Crippen MR) is 356 cm³/mol. The second kappa shape index (κ2) is 70.3. The molecule has 0 bridgehead atoms. The highest BCUT2D eigenvalue weighted by molar-refractivity contribution is 5.76. The summed E-state index contributed by atoms with van der Waals surface area (Å²) in [5.74, 6) is -0.0260. The number of unbranched alkanes of at least 4 members (excludes halogenated alkanes) is 49. The Morgan fingerprint density at radius 3 is 0.963 bits per heavy atom. The summed E-state index contributed by atoms with van der Waals surface area (Å²) >= 11 is 0. The Balaban J connectivity index is 3.33. The summed E-state index contributed by atoms with van der Waals surface area (Å²) < 4.78 is 5.49. The first-order chi connectivity index (χ1) is 40.0. The average Bonchev–Trinajstić information content (AvgIpc) is 3.47. The first-order valence-corrected chi connectivity index (χ1v) is 36.4. The molecule has 1 amide bonds. The Hall–Kier alpha value is -2.18. The van der Waals surface area contributed by atoms with Crippen molar-refractivity contribution in [1.29, 1.82) is 0 Å². The van der Waals surface area contributed by atoms with Crippen LogP contribution in [0, 0.1) is 0 Å². The van der Waals surface area contributed by atoms with Crippen molar-refractivity contribution in [2.24, 2.45) is 0 Å². The molecular formula is C75H141NO5. The third-order valence-corrected chi connectivity index (χ3v) is 16.9. The molecule has 3 N–H and O–H groups in total. The molecule has 0 aliphatic heterocycles. The highest BCUT2D eigenvalue weighted by atomic mass is 16.5. The number of carbonyl (C=O) groups is 2. The van der Waals surface area contributed by atoms with Gasteiger partial charge in [0.25, 0.3) is 0 Å². The van der Waals surface area contributed by atoms with Gasteiger partial charge in [-0.15, -0.1) is 0 Å². The molecule has 0 aliphatic carbocycles. The molecule has 6 heteroatoms. The van der Waals surface area contributed by atoms with Gasteiger partial charge in [0.15, 0.2) is 0 Å². The van der Waals surface area contributed by atoms with Crippen LogP contribution in [0.4, 0.5) is 0 Å². The lowest BCUT2D eigenvalue weighted by Gasteiger charge is -2.22. The van der Waals surface area contributed by atoms with Gasteiger partial charge in [0, 0.05) is 12.8 Å². The number of hydrogen-bond donors (Lipinski definition) is 3. The van der Waals surface area contributed by atoms with Gasteiger partial charge in [-0.1, -0.05) is 339 Å². The van der Waals surface area contributed by atoms with Gasteiger partial charge in [-0.05, 0) is 89.9 Å². The Kier molecular flexibility index (Phi) is 68.4. The maximum Gasteiger partial charge on any atom is 0.305 e. The second-order valence-corrected chi connectivity index (χ2v) is 24.9. The van der Waals surface area contributed by atoms with Crippen LogP contribution < -0.4 is 5.32 Å². The van der Waals surface area contributed by atoms with Crippen LogP contribution in [0.15, 0.2) is 48.6 Å². The van der Waals surface area contributed by atoms with Crippen molar-refractivity contribution in [2.45, 2.75) is 405 Å². The number of nitrogens with one attached hydrogen (secondary N) is 1. The molecule has 0 radical (unpaired) electrons. The van der Waals surface area contributed by atoms with Crippen molar-refractivity contribution in [3.05, 3.63) is 48.6 Å². The first kappa shape index (κ1) is 78.8. The van der Waals surface area contributed by atoms with E-state index < -0.39 is 12.1 Å². The zero-order valence-electron chi connectivity index (χ0n) is 54.5. The highest BCUT2D eigenvalue weighted by Crippen LogP contribution is 2.18. The number of allylic oxidation sites excluding steroid dienone is 8. The van der Waals surface area contributed by atoms with Crippen LogP contribution in [-0.2, 0) is 14.3 Å². The lowest BCUT2D eigenvalue weighted by Crippen LogP contribution is -2.45. The van der Waals surface area contributed by atoms with E-state index in [9.17, 15) is 19.8 Å². The zero-order valence-corrected chi connectivity index (χ0v) is 54.5. The predicted octanol–water partition coefficient (Wildman–Crippen LogP) is 23.6. The van der Waals surface area contributed by atoms with E-state index in [-0.39, 0.29) is 18.5 Å². The lowest BCUT2D eigenvalue weighted by atomic mass is 10.0. The normalized spacial score (nSPS) is 12.8. The lowest BCUT2D eigenvalue weighted by molar-refractivity contribution is -0.143. The van der Waals surface area contributed by atoms with Crippen molar-refractivity contribution in [3.63, 3.8) is 0 Å². The van der Waals surface area contributed by atoms with Crippen molar-refractivity contribution in [3.8, 4) is 0 Å². The molecule has 0 aliphatic rings. The van der Waals surface area contributed by atoms with E-state index >= 15 is 0 Å². The number of rotatable bonds is 68. The summed E-state index contributed by atoms with van der Waals surface area (Å²) in [5, 5.41) is 23.2. The minimum absolute atomic E-state index is 0.00627. The summed E-state index contributed by atoms with van der Waals surface area (Å²) in [6, 6.07) is -0.537. The molecule has 0 fully saturated rings. The van der Waals surface area contributed by atoms with Gasteiger partial charge in [0.2, 0.25) is 5.91 Å². The Labute approximate surface area is 506 Å². The number of aliphatic hydroxyl groups excluding tert-OH is 2. The molecule has 0 aromatic heterocycles. The molecule has 0 spiro atoms. The van der Waals surface area contributed by atoms with E-state index in [1.165, 1.54) is 302 Å². The van der Waals surface area contributed by atoms with Gasteiger partial charge in [-0.2, -0.15) is 0 Å². The van der Waals surface area contributed by atoms with Gasteiger partial charge in [0.05, 0.1) is 25.4 Å². The Morgan fingerprint density at radius 2 is 0.617 bits per heavy atom. The van der Waals surface area contributed by atoms with Crippen LogP contribution in [-0.4, -0.2) is 47.4 Å². The minimum atomic E-state index is -0.660. The van der Waals surface area contributed by atoms with Gasteiger partial charge in [-0.25, -0.2) is 0 Å². The topological polar surface area (TPSA) is 95.9 Å². The number of aliphatic hydroxyl groups is 2. The highest BCUT2D eigenvalue weighted by Gasteiger charge is 2.20. The van der Waals surface area contributed by atoms with Gasteiger partial charge in [-0.3, -0.25) is 9.59 Å². The second-order valence-electron chi connectivity index (χ2n) is 24.9. The number of amides is 1. The van der Waals surface area contributed by atoms with Gasteiger partial charge in [0.1, 0.15) is 0 Å². The molecule has 0 aromatic rings. The molecule has 0 heterocycles. The maximum absolute atomic E-state index is 12.4. The van der Waals surface area contributed by atoms with Crippen molar-refractivity contribution in [1.82, 2.24) is 5.32 Å².